The van der Waals surface area contributed by atoms with E-state index >= 15 is 0 Å². The van der Waals surface area contributed by atoms with Gasteiger partial charge in [-0.25, -0.2) is 0 Å². The fraction of sp³-hybridized carbons (Fsp3) is 0.133. The Labute approximate surface area is 253 Å². The van der Waals surface area contributed by atoms with Crippen molar-refractivity contribution in [3.63, 3.8) is 0 Å². The van der Waals surface area contributed by atoms with Gasteiger partial charge in [0, 0.05) is 16.2 Å². The number of phenols is 1. The number of rotatable bonds is 9. The summed E-state index contributed by atoms with van der Waals surface area (Å²) in [6, 6.07) is 19.5. The highest BCUT2D eigenvalue weighted by Gasteiger charge is 2.47. The maximum absolute atomic E-state index is 13.9. The molecule has 0 radical (unpaired) electrons. The average Bonchev–Trinajstić information content (AvgIpc) is 3.70. The van der Waals surface area contributed by atoms with Crippen LogP contribution in [0, 0.1) is 0 Å². The Morgan fingerprint density at radius 1 is 1.10 bits per heavy atom. The second kappa shape index (κ2) is 11.5. The predicted octanol–water partition coefficient (Wildman–Crippen LogP) is 7.12. The number of anilines is 1. The van der Waals surface area contributed by atoms with Crippen molar-refractivity contribution in [1.29, 1.82) is 0 Å². The number of aliphatic hydroxyl groups excluding tert-OH is 1. The number of aliphatic hydroxyl groups is 1. The van der Waals surface area contributed by atoms with Crippen molar-refractivity contribution in [2.45, 2.75) is 23.1 Å². The van der Waals surface area contributed by atoms with Crippen LogP contribution in [0.15, 0.2) is 92.9 Å². The van der Waals surface area contributed by atoms with Gasteiger partial charge in [0.05, 0.1) is 18.2 Å². The van der Waals surface area contributed by atoms with Gasteiger partial charge in [-0.15, -0.1) is 10.2 Å². The number of fused-ring (bicyclic) bond motifs is 1. The Kier molecular flexibility index (Phi) is 7.63. The molecular weight excluding hydrogens is 598 g/mol. The van der Waals surface area contributed by atoms with Gasteiger partial charge in [-0.1, -0.05) is 71.1 Å². The van der Waals surface area contributed by atoms with E-state index in [4.69, 9.17) is 20.8 Å². The Morgan fingerprint density at radius 3 is 2.64 bits per heavy atom. The third kappa shape index (κ3) is 5.22. The molecule has 1 aliphatic rings. The first kappa shape index (κ1) is 27.8. The zero-order valence-electron chi connectivity index (χ0n) is 22.0. The van der Waals surface area contributed by atoms with Crippen molar-refractivity contribution in [1.82, 2.24) is 10.2 Å². The maximum Gasteiger partial charge on any atom is 0.296 e. The number of para-hydroxylation sites is 1. The van der Waals surface area contributed by atoms with Crippen LogP contribution in [-0.4, -0.2) is 38.7 Å². The minimum absolute atomic E-state index is 0.0299. The van der Waals surface area contributed by atoms with E-state index < -0.39 is 23.5 Å². The highest BCUT2D eigenvalue weighted by atomic mass is 35.5. The van der Waals surface area contributed by atoms with Gasteiger partial charge in [0.15, 0.2) is 27.4 Å². The summed E-state index contributed by atoms with van der Waals surface area (Å²) in [5.41, 5.74) is 1.76. The standard InChI is InChI=1S/C30H22ClN3O6S2/c1-2-39-22-14-18(9-12-20(22)35)25-24(26(36)23-13-17-5-3-4-6-21(17)40-23)27(37)28(38)34(25)29-32-33-30(42-29)41-15-16-7-10-19(31)11-8-16/h3-14,25,35,37H,2,15H2,1H3. The number of furan rings is 1. The maximum atomic E-state index is 13.9. The Morgan fingerprint density at radius 2 is 1.88 bits per heavy atom. The number of Topliss-reactive ketones (excluding diaryl/α,β-unsaturated/α-hetero) is 1. The van der Waals surface area contributed by atoms with Crippen LogP contribution in [0.2, 0.25) is 5.02 Å². The lowest BCUT2D eigenvalue weighted by atomic mass is 9.95. The first-order chi connectivity index (χ1) is 20.3. The number of carbonyl (C=O) groups is 2. The number of amides is 1. The second-order valence-electron chi connectivity index (χ2n) is 9.24. The first-order valence-electron chi connectivity index (χ1n) is 12.8. The number of nitrogens with zero attached hydrogens (tertiary/aromatic N) is 3. The molecule has 42 heavy (non-hydrogen) atoms. The van der Waals surface area contributed by atoms with Gasteiger partial charge in [0.2, 0.25) is 10.9 Å². The molecule has 12 heteroatoms. The zero-order valence-corrected chi connectivity index (χ0v) is 24.4. The smallest absolute Gasteiger partial charge is 0.296 e. The van der Waals surface area contributed by atoms with Crippen LogP contribution >= 0.6 is 34.7 Å². The summed E-state index contributed by atoms with van der Waals surface area (Å²) < 4.78 is 11.9. The van der Waals surface area contributed by atoms with Crippen LogP contribution in [0.4, 0.5) is 5.13 Å². The molecule has 2 N–H and O–H groups in total. The molecule has 0 spiro atoms. The third-order valence-corrected chi connectivity index (χ3v) is 8.96. The number of halogens is 1. The topological polar surface area (TPSA) is 126 Å². The SMILES string of the molecule is CCOc1cc(C2C(C(=O)c3cc4ccccc4o3)=C(O)C(=O)N2c2nnc(SCc3ccc(Cl)cc3)s2)ccc1O. The molecule has 1 amide bonds. The molecule has 212 valence electrons. The summed E-state index contributed by atoms with van der Waals surface area (Å²) in [4.78, 5) is 28.7. The zero-order chi connectivity index (χ0) is 29.4. The minimum atomic E-state index is -1.10. The fourth-order valence-electron chi connectivity index (χ4n) is 4.63. The number of aromatic hydroxyl groups is 1. The number of ether oxygens (including phenoxy) is 1. The number of aromatic nitrogens is 2. The molecule has 1 atom stereocenters. The molecule has 3 heterocycles. The van der Waals surface area contributed by atoms with E-state index in [-0.39, 0.29) is 34.6 Å². The number of hydrogen-bond acceptors (Lipinski definition) is 10. The van der Waals surface area contributed by atoms with Crippen molar-refractivity contribution >= 4 is 62.5 Å². The Bertz CT molecular complexity index is 1820. The summed E-state index contributed by atoms with van der Waals surface area (Å²) in [5, 5.41) is 31.5. The van der Waals surface area contributed by atoms with Gasteiger partial charge < -0.3 is 19.4 Å². The highest BCUT2D eigenvalue weighted by Crippen LogP contribution is 2.45. The molecule has 0 saturated heterocycles. The van der Waals surface area contributed by atoms with Crippen LogP contribution in [0.1, 0.15) is 34.6 Å². The molecule has 1 aliphatic heterocycles. The third-order valence-electron chi connectivity index (χ3n) is 6.58. The van der Waals surface area contributed by atoms with Crippen LogP contribution in [-0.2, 0) is 10.5 Å². The average molecular weight is 620 g/mol. The molecule has 6 rings (SSSR count). The summed E-state index contributed by atoms with van der Waals surface area (Å²) in [5.74, 6) is -1.56. The molecule has 0 saturated carbocycles. The monoisotopic (exact) mass is 619 g/mol. The van der Waals surface area contributed by atoms with E-state index in [2.05, 4.69) is 10.2 Å². The highest BCUT2D eigenvalue weighted by molar-refractivity contribution is 8.00. The Balaban J connectivity index is 1.39. The van der Waals surface area contributed by atoms with Gasteiger partial charge in [0.25, 0.3) is 5.91 Å². The van der Waals surface area contributed by atoms with Crippen LogP contribution in [0.5, 0.6) is 11.5 Å². The molecular formula is C30H22ClN3O6S2. The fourth-order valence-corrected chi connectivity index (χ4v) is 6.58. The summed E-state index contributed by atoms with van der Waals surface area (Å²) in [6.45, 7) is 2.05. The number of hydrogen-bond donors (Lipinski definition) is 2. The quantitative estimate of drug-likeness (QED) is 0.101. The summed E-state index contributed by atoms with van der Waals surface area (Å²) in [7, 11) is 0. The molecule has 1 unspecified atom stereocenters. The number of phenolic OH excluding ortho intramolecular Hbond substituents is 1. The molecule has 2 aromatic heterocycles. The van der Waals surface area contributed by atoms with E-state index in [9.17, 15) is 19.8 Å². The Hall–Kier alpha value is -4.32. The van der Waals surface area contributed by atoms with E-state index in [1.54, 1.807) is 49.4 Å². The van der Waals surface area contributed by atoms with Gasteiger partial charge in [-0.2, -0.15) is 0 Å². The minimum Gasteiger partial charge on any atom is -0.504 e. The normalized spacial score (nSPS) is 15.1. The van der Waals surface area contributed by atoms with Crippen LogP contribution in [0.3, 0.4) is 0 Å². The second-order valence-corrected chi connectivity index (χ2v) is 11.9. The number of ketones is 1. The first-order valence-corrected chi connectivity index (χ1v) is 15.0. The van der Waals surface area contributed by atoms with Crippen LogP contribution in [0.25, 0.3) is 11.0 Å². The molecule has 3 aromatic carbocycles. The lowest BCUT2D eigenvalue weighted by Gasteiger charge is -2.24. The van der Waals surface area contributed by atoms with Gasteiger partial charge in [-0.3, -0.25) is 14.5 Å². The van der Waals surface area contributed by atoms with Crippen molar-refractivity contribution in [3.05, 3.63) is 106 Å². The molecule has 5 aromatic rings. The van der Waals surface area contributed by atoms with Crippen molar-refractivity contribution in [3.8, 4) is 11.5 Å². The lowest BCUT2D eigenvalue weighted by molar-refractivity contribution is -0.117. The number of carbonyl (C=O) groups excluding carboxylic acids is 2. The van der Waals surface area contributed by atoms with Crippen molar-refractivity contribution in [2.24, 2.45) is 0 Å². The van der Waals surface area contributed by atoms with Crippen molar-refractivity contribution < 1.29 is 29.0 Å². The van der Waals surface area contributed by atoms with Gasteiger partial charge >= 0.3 is 0 Å². The predicted molar refractivity (Wildman–Crippen MR) is 161 cm³/mol. The van der Waals surface area contributed by atoms with E-state index in [1.807, 2.05) is 18.2 Å². The number of thioether (sulfide) groups is 1. The summed E-state index contributed by atoms with van der Waals surface area (Å²) >= 11 is 8.57. The van der Waals surface area contributed by atoms with Gasteiger partial charge in [-0.05, 0) is 54.4 Å². The van der Waals surface area contributed by atoms with E-state index in [0.29, 0.717) is 31.6 Å². The van der Waals surface area contributed by atoms with E-state index in [1.165, 1.54) is 28.8 Å². The lowest BCUT2D eigenvalue weighted by Crippen LogP contribution is -2.31. The van der Waals surface area contributed by atoms with Crippen molar-refractivity contribution in [2.75, 3.05) is 11.5 Å². The largest absolute Gasteiger partial charge is 0.504 e. The van der Waals surface area contributed by atoms with Gasteiger partial charge in [0.1, 0.15) is 5.58 Å². The van der Waals surface area contributed by atoms with Crippen LogP contribution < -0.4 is 9.64 Å². The van der Waals surface area contributed by atoms with E-state index in [0.717, 1.165) is 16.9 Å². The molecule has 0 bridgehead atoms. The number of benzene rings is 3. The molecule has 0 fully saturated rings. The summed E-state index contributed by atoms with van der Waals surface area (Å²) in [6.07, 6.45) is 0. The molecule has 0 aliphatic carbocycles. The molecule has 9 nitrogen and oxygen atoms in total.